The molecule has 0 spiro atoms. The number of benzene rings is 1. The van der Waals surface area contributed by atoms with Gasteiger partial charge in [-0.15, -0.1) is 0 Å². The van der Waals surface area contributed by atoms with Crippen LogP contribution >= 0.6 is 0 Å². The van der Waals surface area contributed by atoms with Crippen molar-refractivity contribution in [2.45, 2.75) is 38.9 Å². The minimum atomic E-state index is -0.514. The van der Waals surface area contributed by atoms with Gasteiger partial charge in [-0.2, -0.15) is 0 Å². The first-order chi connectivity index (χ1) is 8.78. The predicted octanol–water partition coefficient (Wildman–Crippen LogP) is 2.44. The maximum atomic E-state index is 9.45. The first kappa shape index (κ1) is 12.6. The molecule has 0 atom stereocenters. The van der Waals surface area contributed by atoms with Crippen LogP contribution in [0, 0.1) is 0 Å². The molecule has 0 saturated carbocycles. The molecule has 0 aliphatic carbocycles. The SMILES string of the molecule is CC1(C)OB(c2cc3ccc(O)cc3o2)OC1(C)C. The Hall–Kier alpha value is -1.46. The predicted molar refractivity (Wildman–Crippen MR) is 73.6 cm³/mol. The van der Waals surface area contributed by atoms with Crippen LogP contribution in [0.4, 0.5) is 0 Å². The smallest absolute Gasteiger partial charge is 0.508 e. The van der Waals surface area contributed by atoms with Crippen molar-refractivity contribution in [1.82, 2.24) is 0 Å². The van der Waals surface area contributed by atoms with Crippen LogP contribution in [-0.4, -0.2) is 23.4 Å². The number of furan rings is 1. The normalized spacial score (nSPS) is 21.2. The van der Waals surface area contributed by atoms with Crippen molar-refractivity contribution in [2.75, 3.05) is 0 Å². The van der Waals surface area contributed by atoms with E-state index in [1.165, 1.54) is 0 Å². The van der Waals surface area contributed by atoms with Crippen molar-refractivity contribution in [1.29, 1.82) is 0 Å². The number of fused-ring (bicyclic) bond motifs is 1. The lowest BCUT2D eigenvalue weighted by Crippen LogP contribution is -2.41. The third-order valence-electron chi connectivity index (χ3n) is 4.01. The quantitative estimate of drug-likeness (QED) is 0.800. The van der Waals surface area contributed by atoms with E-state index in [1.807, 2.05) is 39.8 Å². The first-order valence-corrected chi connectivity index (χ1v) is 6.37. The summed E-state index contributed by atoms with van der Waals surface area (Å²) in [4.78, 5) is 0. The zero-order valence-corrected chi connectivity index (χ0v) is 11.6. The van der Waals surface area contributed by atoms with E-state index in [1.54, 1.807) is 12.1 Å². The van der Waals surface area contributed by atoms with Gasteiger partial charge >= 0.3 is 7.12 Å². The average Bonchev–Trinajstić information content (AvgIpc) is 2.78. The van der Waals surface area contributed by atoms with E-state index < -0.39 is 18.3 Å². The van der Waals surface area contributed by atoms with E-state index in [2.05, 4.69) is 0 Å². The van der Waals surface area contributed by atoms with Gasteiger partial charge in [-0.1, -0.05) is 0 Å². The van der Waals surface area contributed by atoms with Gasteiger partial charge in [0.2, 0.25) is 0 Å². The maximum Gasteiger partial charge on any atom is 0.532 e. The summed E-state index contributed by atoms with van der Waals surface area (Å²) in [7, 11) is -0.514. The Morgan fingerprint density at radius 1 is 1.00 bits per heavy atom. The van der Waals surface area contributed by atoms with Crippen molar-refractivity contribution in [3.8, 4) is 5.75 Å². The van der Waals surface area contributed by atoms with Gasteiger partial charge in [0.05, 0.1) is 11.2 Å². The summed E-state index contributed by atoms with van der Waals surface area (Å²) in [6, 6.07) is 6.91. The maximum absolute atomic E-state index is 9.45. The molecule has 1 aliphatic rings. The molecule has 1 N–H and O–H groups in total. The molecule has 0 unspecified atom stereocenters. The minimum absolute atomic E-state index is 0.183. The van der Waals surface area contributed by atoms with Crippen LogP contribution in [0.5, 0.6) is 5.75 Å². The molecule has 0 radical (unpaired) electrons. The van der Waals surface area contributed by atoms with Gasteiger partial charge in [-0.25, -0.2) is 0 Å². The lowest BCUT2D eigenvalue weighted by atomic mass is 9.86. The van der Waals surface area contributed by atoms with E-state index in [4.69, 9.17) is 13.7 Å². The summed E-state index contributed by atoms with van der Waals surface area (Å²) in [5.74, 6) is 0.183. The van der Waals surface area contributed by atoms with Crippen molar-refractivity contribution in [3.05, 3.63) is 24.3 Å². The van der Waals surface area contributed by atoms with Crippen LogP contribution in [0.3, 0.4) is 0 Å². The fraction of sp³-hybridized carbons (Fsp3) is 0.429. The van der Waals surface area contributed by atoms with Crippen molar-refractivity contribution in [3.63, 3.8) is 0 Å². The second-order valence-corrected chi connectivity index (χ2v) is 5.96. The van der Waals surface area contributed by atoms with Gasteiger partial charge in [-0.05, 0) is 45.9 Å². The Morgan fingerprint density at radius 2 is 1.63 bits per heavy atom. The Labute approximate surface area is 112 Å². The van der Waals surface area contributed by atoms with Crippen LogP contribution in [0.2, 0.25) is 0 Å². The largest absolute Gasteiger partial charge is 0.532 e. The van der Waals surface area contributed by atoms with Crippen molar-refractivity contribution >= 4 is 23.7 Å². The van der Waals surface area contributed by atoms with Gasteiger partial charge in [0.15, 0.2) is 0 Å². The van der Waals surface area contributed by atoms with Gasteiger partial charge < -0.3 is 18.8 Å². The lowest BCUT2D eigenvalue weighted by Gasteiger charge is -2.32. The average molecular weight is 260 g/mol. The van der Waals surface area contributed by atoms with E-state index in [0.717, 1.165) is 5.39 Å². The molecular weight excluding hydrogens is 243 g/mol. The molecule has 1 saturated heterocycles. The Kier molecular flexibility index (Phi) is 2.50. The summed E-state index contributed by atoms with van der Waals surface area (Å²) in [5.41, 5.74) is 0.473. The topological polar surface area (TPSA) is 51.8 Å². The van der Waals surface area contributed by atoms with Crippen molar-refractivity contribution in [2.24, 2.45) is 0 Å². The first-order valence-electron chi connectivity index (χ1n) is 6.37. The van der Waals surface area contributed by atoms with Crippen LogP contribution < -0.4 is 5.66 Å². The van der Waals surface area contributed by atoms with E-state index >= 15 is 0 Å². The van der Waals surface area contributed by atoms with E-state index in [0.29, 0.717) is 11.2 Å². The number of rotatable bonds is 1. The second kappa shape index (κ2) is 3.77. The second-order valence-electron chi connectivity index (χ2n) is 5.96. The Bertz CT molecular complexity index is 613. The molecule has 2 aromatic rings. The summed E-state index contributed by atoms with van der Waals surface area (Å²) in [6.45, 7) is 8.01. The summed E-state index contributed by atoms with van der Waals surface area (Å²) >= 11 is 0. The number of phenols is 1. The monoisotopic (exact) mass is 260 g/mol. The molecule has 0 bridgehead atoms. The molecule has 5 heteroatoms. The zero-order chi connectivity index (χ0) is 13.8. The molecule has 1 fully saturated rings. The highest BCUT2D eigenvalue weighted by Gasteiger charge is 2.53. The number of hydrogen-bond acceptors (Lipinski definition) is 4. The summed E-state index contributed by atoms with van der Waals surface area (Å²) in [5, 5.41) is 10.4. The number of aromatic hydroxyl groups is 1. The van der Waals surface area contributed by atoms with Gasteiger partial charge in [0, 0.05) is 11.5 Å². The third-order valence-corrected chi connectivity index (χ3v) is 4.01. The van der Waals surface area contributed by atoms with E-state index in [-0.39, 0.29) is 5.75 Å². The fourth-order valence-electron chi connectivity index (χ4n) is 2.12. The summed E-state index contributed by atoms with van der Waals surface area (Å²) < 4.78 is 17.6. The van der Waals surface area contributed by atoms with Crippen LogP contribution in [0.15, 0.2) is 28.7 Å². The zero-order valence-electron chi connectivity index (χ0n) is 11.6. The molecule has 2 heterocycles. The van der Waals surface area contributed by atoms with Gasteiger partial charge in [0.25, 0.3) is 0 Å². The highest BCUT2D eigenvalue weighted by Crippen LogP contribution is 2.36. The highest BCUT2D eigenvalue weighted by molar-refractivity contribution is 6.61. The minimum Gasteiger partial charge on any atom is -0.508 e. The molecule has 0 amide bonds. The molecule has 1 aromatic heterocycles. The molecule has 3 rings (SSSR count). The molecule has 1 aliphatic heterocycles. The highest BCUT2D eigenvalue weighted by atomic mass is 16.7. The third kappa shape index (κ3) is 1.93. The molecule has 19 heavy (non-hydrogen) atoms. The molecule has 4 nitrogen and oxygen atoms in total. The Balaban J connectivity index is 1.98. The van der Waals surface area contributed by atoms with Gasteiger partial charge in [-0.3, -0.25) is 0 Å². The van der Waals surface area contributed by atoms with Gasteiger partial charge in [0.1, 0.15) is 17.0 Å². The summed E-state index contributed by atoms with van der Waals surface area (Å²) in [6.07, 6.45) is 0. The van der Waals surface area contributed by atoms with Crippen LogP contribution in [0.1, 0.15) is 27.7 Å². The molecule has 100 valence electrons. The van der Waals surface area contributed by atoms with Crippen LogP contribution in [0.25, 0.3) is 11.0 Å². The van der Waals surface area contributed by atoms with Crippen LogP contribution in [-0.2, 0) is 9.31 Å². The fourth-order valence-corrected chi connectivity index (χ4v) is 2.12. The molecule has 1 aromatic carbocycles. The lowest BCUT2D eigenvalue weighted by molar-refractivity contribution is 0.00578. The number of phenolic OH excluding ortho intramolecular Hbond substituents is 1. The van der Waals surface area contributed by atoms with E-state index in [9.17, 15) is 5.11 Å². The van der Waals surface area contributed by atoms with Crippen molar-refractivity contribution < 1.29 is 18.8 Å². The number of hydrogen-bond donors (Lipinski definition) is 1. The molecular formula is C14H17BO4. The standard InChI is InChI=1S/C14H17BO4/c1-13(2)14(3,4)19-15(18-13)12-7-9-5-6-10(16)8-11(9)17-12/h5-8,16H,1-4H3. The Morgan fingerprint density at radius 3 is 2.26 bits per heavy atom.